The zero-order chi connectivity index (χ0) is 18.1. The molecule has 0 radical (unpaired) electrons. The van der Waals surface area contributed by atoms with Crippen LogP contribution in [-0.2, 0) is 14.2 Å². The topological polar surface area (TPSA) is 142 Å². The van der Waals surface area contributed by atoms with E-state index in [1.54, 1.807) is 20.8 Å². The van der Waals surface area contributed by atoms with Crippen molar-refractivity contribution in [3.05, 3.63) is 17.2 Å². The highest BCUT2D eigenvalue weighted by molar-refractivity contribution is 6.01. The number of aromatic nitrogens is 1. The number of anilines is 2. The molecule has 1 aromatic rings. The molecule has 1 aromatic heterocycles. The summed E-state index contributed by atoms with van der Waals surface area (Å²) in [5.74, 6) is -1.73. The Bertz CT molecular complexity index is 620. The smallest absolute Gasteiger partial charge is 0.425 e. The predicted molar refractivity (Wildman–Crippen MR) is 84.3 cm³/mol. The molecule has 0 aliphatic heterocycles. The van der Waals surface area contributed by atoms with Gasteiger partial charge in [0.1, 0.15) is 16.9 Å². The SMILES string of the molecule is CCOC(=O)NNc1nc(N)c(C(=O)OCC)cc1C(=O)OCC. The van der Waals surface area contributed by atoms with Crippen molar-refractivity contribution in [3.63, 3.8) is 0 Å². The first-order valence-electron chi connectivity index (χ1n) is 7.28. The summed E-state index contributed by atoms with van der Waals surface area (Å²) < 4.78 is 14.4. The molecule has 0 aliphatic rings. The molecule has 0 aliphatic carbocycles. The first kappa shape index (κ1) is 19.0. The van der Waals surface area contributed by atoms with Crippen LogP contribution in [-0.4, -0.2) is 42.8 Å². The minimum atomic E-state index is -0.776. The number of carbonyl (C=O) groups is 3. The number of nitrogen functional groups attached to an aromatic ring is 1. The van der Waals surface area contributed by atoms with Crippen molar-refractivity contribution >= 4 is 29.7 Å². The van der Waals surface area contributed by atoms with Gasteiger partial charge in [-0.2, -0.15) is 0 Å². The number of nitrogens with two attached hydrogens (primary N) is 1. The van der Waals surface area contributed by atoms with Crippen LogP contribution in [0.1, 0.15) is 41.5 Å². The summed E-state index contributed by atoms with van der Waals surface area (Å²) in [6.45, 7) is 5.30. The zero-order valence-electron chi connectivity index (χ0n) is 13.7. The Hall–Kier alpha value is -3.04. The number of nitrogens with one attached hydrogen (secondary N) is 2. The fraction of sp³-hybridized carbons (Fsp3) is 0.429. The Kier molecular flexibility index (Phi) is 7.27. The lowest BCUT2D eigenvalue weighted by Gasteiger charge is -2.14. The van der Waals surface area contributed by atoms with Gasteiger partial charge in [-0.3, -0.25) is 5.43 Å². The largest absolute Gasteiger partial charge is 0.462 e. The maximum Gasteiger partial charge on any atom is 0.425 e. The minimum absolute atomic E-state index is 0.0819. The van der Waals surface area contributed by atoms with Gasteiger partial charge in [0.15, 0.2) is 5.82 Å². The number of hydrazine groups is 1. The van der Waals surface area contributed by atoms with Crippen LogP contribution in [0, 0.1) is 0 Å². The van der Waals surface area contributed by atoms with Crippen LogP contribution >= 0.6 is 0 Å². The molecule has 0 atom stereocenters. The molecule has 1 amide bonds. The zero-order valence-corrected chi connectivity index (χ0v) is 13.7. The monoisotopic (exact) mass is 340 g/mol. The van der Waals surface area contributed by atoms with Crippen LogP contribution < -0.4 is 16.6 Å². The van der Waals surface area contributed by atoms with Crippen molar-refractivity contribution in [1.82, 2.24) is 10.4 Å². The third-order valence-corrected chi connectivity index (χ3v) is 2.60. The first-order valence-corrected chi connectivity index (χ1v) is 7.28. The third-order valence-electron chi connectivity index (χ3n) is 2.60. The van der Waals surface area contributed by atoms with E-state index in [9.17, 15) is 14.4 Å². The number of nitrogens with zero attached hydrogens (tertiary/aromatic N) is 1. The van der Waals surface area contributed by atoms with Gasteiger partial charge in [-0.1, -0.05) is 0 Å². The number of ether oxygens (including phenoxy) is 3. The highest BCUT2D eigenvalue weighted by Gasteiger charge is 2.22. The molecular formula is C14H20N4O6. The van der Waals surface area contributed by atoms with Crippen LogP contribution in [0.5, 0.6) is 0 Å². The summed E-state index contributed by atoms with van der Waals surface area (Å²) in [6.07, 6.45) is -0.776. The highest BCUT2D eigenvalue weighted by atomic mass is 16.6. The van der Waals surface area contributed by atoms with E-state index in [0.717, 1.165) is 0 Å². The maximum absolute atomic E-state index is 12.0. The lowest BCUT2D eigenvalue weighted by atomic mass is 10.1. The number of rotatable bonds is 7. The number of carbonyl (C=O) groups excluding carboxylic acids is 3. The number of pyridine rings is 1. The van der Waals surface area contributed by atoms with Gasteiger partial charge in [0.2, 0.25) is 0 Å². The number of amides is 1. The second kappa shape index (κ2) is 9.18. The van der Waals surface area contributed by atoms with E-state index in [2.05, 4.69) is 20.6 Å². The summed E-state index contributed by atoms with van der Waals surface area (Å²) in [4.78, 5) is 39.1. The van der Waals surface area contributed by atoms with E-state index in [4.69, 9.17) is 15.2 Å². The summed E-state index contributed by atoms with van der Waals surface area (Å²) in [6, 6.07) is 1.19. The Morgan fingerprint density at radius 1 is 1.00 bits per heavy atom. The lowest BCUT2D eigenvalue weighted by Crippen LogP contribution is -2.31. The molecule has 10 nitrogen and oxygen atoms in total. The average molecular weight is 340 g/mol. The van der Waals surface area contributed by atoms with Gasteiger partial charge in [0, 0.05) is 0 Å². The van der Waals surface area contributed by atoms with E-state index in [1.165, 1.54) is 6.07 Å². The molecule has 0 aromatic carbocycles. The molecule has 4 N–H and O–H groups in total. The van der Waals surface area contributed by atoms with E-state index in [1.807, 2.05) is 0 Å². The molecule has 132 valence electrons. The molecule has 0 saturated heterocycles. The van der Waals surface area contributed by atoms with E-state index in [0.29, 0.717) is 0 Å². The van der Waals surface area contributed by atoms with E-state index in [-0.39, 0.29) is 42.6 Å². The molecule has 0 saturated carbocycles. The normalized spacial score (nSPS) is 9.79. The summed E-state index contributed by atoms with van der Waals surface area (Å²) in [7, 11) is 0. The van der Waals surface area contributed by atoms with Gasteiger partial charge in [0.05, 0.1) is 19.8 Å². The van der Waals surface area contributed by atoms with Gasteiger partial charge in [-0.25, -0.2) is 24.8 Å². The maximum atomic E-state index is 12.0. The molecular weight excluding hydrogens is 320 g/mol. The second-order valence-electron chi connectivity index (χ2n) is 4.23. The van der Waals surface area contributed by atoms with Crippen molar-refractivity contribution < 1.29 is 28.6 Å². The molecule has 0 unspecified atom stereocenters. The number of esters is 2. The predicted octanol–water partition coefficient (Wildman–Crippen LogP) is 1.09. The van der Waals surface area contributed by atoms with Crippen LogP contribution in [0.2, 0.25) is 0 Å². The number of hydrogen-bond donors (Lipinski definition) is 3. The molecule has 10 heteroatoms. The lowest BCUT2D eigenvalue weighted by molar-refractivity contribution is 0.0525. The average Bonchev–Trinajstić information content (AvgIpc) is 2.53. The number of hydrogen-bond acceptors (Lipinski definition) is 9. The summed E-state index contributed by atoms with van der Waals surface area (Å²) in [5, 5.41) is 0. The Balaban J connectivity index is 3.16. The fourth-order valence-corrected chi connectivity index (χ4v) is 1.64. The Morgan fingerprint density at radius 2 is 1.54 bits per heavy atom. The van der Waals surface area contributed by atoms with Gasteiger partial charge in [-0.15, -0.1) is 0 Å². The van der Waals surface area contributed by atoms with Crippen molar-refractivity contribution in [2.45, 2.75) is 20.8 Å². The van der Waals surface area contributed by atoms with Gasteiger partial charge in [0.25, 0.3) is 0 Å². The summed E-state index contributed by atoms with van der Waals surface area (Å²) in [5.41, 5.74) is 10.1. The molecule has 0 bridgehead atoms. The van der Waals surface area contributed by atoms with Crippen molar-refractivity contribution in [2.24, 2.45) is 0 Å². The third kappa shape index (κ3) is 5.00. The van der Waals surface area contributed by atoms with E-state index < -0.39 is 18.0 Å². The molecule has 1 heterocycles. The van der Waals surface area contributed by atoms with Gasteiger partial charge >= 0.3 is 18.0 Å². The molecule has 24 heavy (non-hydrogen) atoms. The fourth-order valence-electron chi connectivity index (χ4n) is 1.64. The van der Waals surface area contributed by atoms with Crippen LogP contribution in [0.25, 0.3) is 0 Å². The summed E-state index contributed by atoms with van der Waals surface area (Å²) >= 11 is 0. The van der Waals surface area contributed by atoms with Crippen molar-refractivity contribution in [2.75, 3.05) is 31.0 Å². The minimum Gasteiger partial charge on any atom is -0.462 e. The molecule has 0 fully saturated rings. The molecule has 1 rings (SSSR count). The second-order valence-corrected chi connectivity index (χ2v) is 4.23. The standard InChI is InChI=1S/C14H20N4O6/c1-4-22-12(19)8-7-9(13(20)23-5-2)11(16-10(8)15)17-18-14(21)24-6-3/h7H,4-6H2,1-3H3,(H,18,21)(H3,15,16,17). The highest BCUT2D eigenvalue weighted by Crippen LogP contribution is 2.21. The van der Waals surface area contributed by atoms with E-state index >= 15 is 0 Å². The van der Waals surface area contributed by atoms with Crippen molar-refractivity contribution in [1.29, 1.82) is 0 Å². The first-order chi connectivity index (χ1) is 11.4. The Morgan fingerprint density at radius 3 is 2.08 bits per heavy atom. The van der Waals surface area contributed by atoms with Crippen LogP contribution in [0.3, 0.4) is 0 Å². The quantitative estimate of drug-likeness (QED) is 0.377. The van der Waals surface area contributed by atoms with Crippen LogP contribution in [0.15, 0.2) is 6.07 Å². The van der Waals surface area contributed by atoms with Gasteiger partial charge < -0.3 is 19.9 Å². The van der Waals surface area contributed by atoms with Crippen LogP contribution in [0.4, 0.5) is 16.4 Å². The Labute approximate surface area is 138 Å². The van der Waals surface area contributed by atoms with Gasteiger partial charge in [-0.05, 0) is 26.8 Å². The molecule has 0 spiro atoms. The van der Waals surface area contributed by atoms with Crippen molar-refractivity contribution in [3.8, 4) is 0 Å².